The Bertz CT molecular complexity index is 1220. The van der Waals surface area contributed by atoms with Crippen LogP contribution >= 0.6 is 0 Å². The standard InChI is InChI=1S/C23H16N2O6/c26-16-12-10-15(11-13-16)24-20(17-8-4-5-9-18(17)25(30)31)19(22(28)23(24)29)21(27)14-6-2-1-3-7-14/h1-13,20,26-27H. The van der Waals surface area contributed by atoms with Crippen LogP contribution in [-0.2, 0) is 9.59 Å². The molecule has 1 fully saturated rings. The number of benzene rings is 3. The van der Waals surface area contributed by atoms with E-state index in [0.717, 1.165) is 4.90 Å². The van der Waals surface area contributed by atoms with Gasteiger partial charge in [0.15, 0.2) is 0 Å². The molecule has 2 N–H and O–H groups in total. The molecule has 3 aromatic carbocycles. The van der Waals surface area contributed by atoms with Gasteiger partial charge < -0.3 is 10.2 Å². The molecule has 4 rings (SSSR count). The number of phenols is 1. The molecule has 0 aromatic heterocycles. The third-order valence-corrected chi connectivity index (χ3v) is 5.05. The molecule has 0 saturated carbocycles. The van der Waals surface area contributed by atoms with Crippen LogP contribution in [0.15, 0.2) is 84.4 Å². The summed E-state index contributed by atoms with van der Waals surface area (Å²) in [5, 5.41) is 32.2. The van der Waals surface area contributed by atoms with Gasteiger partial charge in [-0.1, -0.05) is 42.5 Å². The number of carbonyl (C=O) groups excluding carboxylic acids is 2. The number of nitro groups is 1. The number of nitrogens with zero attached hydrogens (tertiary/aromatic N) is 2. The van der Waals surface area contributed by atoms with Crippen LogP contribution in [0.5, 0.6) is 5.75 Å². The number of aliphatic hydroxyl groups excluding tert-OH is 1. The number of para-hydroxylation sites is 1. The molecular weight excluding hydrogens is 400 g/mol. The summed E-state index contributed by atoms with van der Waals surface area (Å²) in [7, 11) is 0. The number of nitro benzene ring substituents is 1. The van der Waals surface area contributed by atoms with Crippen LogP contribution in [0.2, 0.25) is 0 Å². The summed E-state index contributed by atoms with van der Waals surface area (Å²) in [6.07, 6.45) is 0. The molecule has 3 aromatic rings. The third-order valence-electron chi connectivity index (χ3n) is 5.05. The SMILES string of the molecule is O=C1C(=O)N(c2ccc(O)cc2)C(c2ccccc2[N+](=O)[O-])C1=C(O)c1ccccc1. The van der Waals surface area contributed by atoms with E-state index in [1.54, 1.807) is 36.4 Å². The number of hydrogen-bond acceptors (Lipinski definition) is 6. The van der Waals surface area contributed by atoms with Crippen molar-refractivity contribution in [2.45, 2.75) is 6.04 Å². The molecule has 8 nitrogen and oxygen atoms in total. The fourth-order valence-corrected chi connectivity index (χ4v) is 3.64. The number of rotatable bonds is 4. The maximum Gasteiger partial charge on any atom is 0.300 e. The summed E-state index contributed by atoms with van der Waals surface area (Å²) in [6.45, 7) is 0. The summed E-state index contributed by atoms with van der Waals surface area (Å²) in [5.41, 5.74) is 0.0814. The van der Waals surface area contributed by atoms with E-state index in [1.165, 1.54) is 42.5 Å². The first kappa shape index (κ1) is 19.8. The van der Waals surface area contributed by atoms with Gasteiger partial charge in [0.2, 0.25) is 0 Å². The Balaban J connectivity index is 2.01. The number of carbonyl (C=O) groups is 2. The van der Waals surface area contributed by atoms with Gasteiger partial charge in [-0.05, 0) is 30.3 Å². The van der Waals surface area contributed by atoms with Crippen molar-refractivity contribution >= 4 is 28.8 Å². The highest BCUT2D eigenvalue weighted by molar-refractivity contribution is 6.51. The summed E-state index contributed by atoms with van der Waals surface area (Å²) < 4.78 is 0. The summed E-state index contributed by atoms with van der Waals surface area (Å²) >= 11 is 0. The highest BCUT2D eigenvalue weighted by Crippen LogP contribution is 2.44. The molecule has 31 heavy (non-hydrogen) atoms. The quantitative estimate of drug-likeness (QED) is 0.219. The second-order valence-corrected chi connectivity index (χ2v) is 6.87. The van der Waals surface area contributed by atoms with Crippen molar-refractivity contribution in [1.29, 1.82) is 0 Å². The van der Waals surface area contributed by atoms with E-state index < -0.39 is 28.4 Å². The number of phenolic OH excluding ortho intramolecular Hbond substituents is 1. The van der Waals surface area contributed by atoms with Crippen molar-refractivity contribution in [3.63, 3.8) is 0 Å². The van der Waals surface area contributed by atoms with Gasteiger partial charge in [-0.3, -0.25) is 24.6 Å². The number of Topliss-reactive ketones (excluding diaryl/α,β-unsaturated/α-hetero) is 1. The molecular formula is C23H16N2O6. The van der Waals surface area contributed by atoms with Gasteiger partial charge in [0.1, 0.15) is 17.6 Å². The summed E-state index contributed by atoms with van der Waals surface area (Å²) in [5.74, 6) is -2.38. The van der Waals surface area contributed by atoms with Gasteiger partial charge in [-0.2, -0.15) is 0 Å². The summed E-state index contributed by atoms with van der Waals surface area (Å²) in [6, 6.07) is 18.2. The monoisotopic (exact) mass is 416 g/mol. The molecule has 8 heteroatoms. The Morgan fingerprint density at radius 2 is 1.52 bits per heavy atom. The van der Waals surface area contributed by atoms with E-state index in [4.69, 9.17) is 0 Å². The normalized spacial score (nSPS) is 17.7. The van der Waals surface area contributed by atoms with Gasteiger partial charge >= 0.3 is 0 Å². The minimum absolute atomic E-state index is 0.0492. The lowest BCUT2D eigenvalue weighted by Gasteiger charge is -2.25. The van der Waals surface area contributed by atoms with Crippen molar-refractivity contribution in [3.8, 4) is 5.75 Å². The highest BCUT2D eigenvalue weighted by atomic mass is 16.6. The van der Waals surface area contributed by atoms with Gasteiger partial charge in [-0.25, -0.2) is 0 Å². The molecule has 1 atom stereocenters. The van der Waals surface area contributed by atoms with Crippen LogP contribution in [0.3, 0.4) is 0 Å². The zero-order valence-corrected chi connectivity index (χ0v) is 16.0. The molecule has 1 unspecified atom stereocenters. The fraction of sp³-hybridized carbons (Fsp3) is 0.0435. The number of aliphatic hydroxyl groups is 1. The topological polar surface area (TPSA) is 121 Å². The Hall–Kier alpha value is -4.46. The van der Waals surface area contributed by atoms with Crippen molar-refractivity contribution in [3.05, 3.63) is 106 Å². The van der Waals surface area contributed by atoms with Crippen LogP contribution in [0.4, 0.5) is 11.4 Å². The lowest BCUT2D eigenvalue weighted by molar-refractivity contribution is -0.385. The number of amides is 1. The predicted octanol–water partition coefficient (Wildman–Crippen LogP) is 3.93. The first-order chi connectivity index (χ1) is 14.9. The molecule has 0 bridgehead atoms. The van der Waals surface area contributed by atoms with Crippen LogP contribution in [0.25, 0.3) is 5.76 Å². The van der Waals surface area contributed by atoms with Gasteiger partial charge in [-0.15, -0.1) is 0 Å². The molecule has 0 radical (unpaired) electrons. The van der Waals surface area contributed by atoms with E-state index >= 15 is 0 Å². The first-order valence-electron chi connectivity index (χ1n) is 9.29. The molecule has 0 aliphatic carbocycles. The Labute approximate surface area is 176 Å². The maximum absolute atomic E-state index is 13.0. The molecule has 1 amide bonds. The van der Waals surface area contributed by atoms with E-state index in [9.17, 15) is 29.9 Å². The zero-order chi connectivity index (χ0) is 22.1. The average molecular weight is 416 g/mol. The molecule has 154 valence electrons. The largest absolute Gasteiger partial charge is 0.508 e. The van der Waals surface area contributed by atoms with Gasteiger partial charge in [0.05, 0.1) is 16.1 Å². The first-order valence-corrected chi connectivity index (χ1v) is 9.29. The van der Waals surface area contributed by atoms with E-state index in [-0.39, 0.29) is 28.3 Å². The Morgan fingerprint density at radius 3 is 2.16 bits per heavy atom. The molecule has 1 aliphatic rings. The second kappa shape index (κ2) is 7.75. The maximum atomic E-state index is 13.0. The minimum atomic E-state index is -1.23. The lowest BCUT2D eigenvalue weighted by atomic mass is 9.94. The van der Waals surface area contributed by atoms with Gasteiger partial charge in [0, 0.05) is 17.3 Å². The van der Waals surface area contributed by atoms with Crippen LogP contribution in [-0.4, -0.2) is 26.8 Å². The van der Waals surface area contributed by atoms with Crippen molar-refractivity contribution in [2.24, 2.45) is 0 Å². The molecule has 1 saturated heterocycles. The average Bonchev–Trinajstić information content (AvgIpc) is 3.05. The van der Waals surface area contributed by atoms with Crippen LogP contribution in [0.1, 0.15) is 17.2 Å². The smallest absolute Gasteiger partial charge is 0.300 e. The molecule has 0 spiro atoms. The second-order valence-electron chi connectivity index (χ2n) is 6.87. The molecule has 1 heterocycles. The number of anilines is 1. The van der Waals surface area contributed by atoms with Crippen LogP contribution in [0, 0.1) is 10.1 Å². The third kappa shape index (κ3) is 3.40. The Kier molecular flexibility index (Phi) is 4.96. The minimum Gasteiger partial charge on any atom is -0.508 e. The lowest BCUT2D eigenvalue weighted by Crippen LogP contribution is -2.29. The fourth-order valence-electron chi connectivity index (χ4n) is 3.64. The number of aromatic hydroxyl groups is 1. The molecule has 1 aliphatic heterocycles. The highest BCUT2D eigenvalue weighted by Gasteiger charge is 2.48. The number of hydrogen-bond donors (Lipinski definition) is 2. The number of ketones is 1. The van der Waals surface area contributed by atoms with Crippen LogP contribution < -0.4 is 4.90 Å². The predicted molar refractivity (Wildman–Crippen MR) is 112 cm³/mol. The van der Waals surface area contributed by atoms with Gasteiger partial charge in [0.25, 0.3) is 17.4 Å². The van der Waals surface area contributed by atoms with Crippen molar-refractivity contribution in [2.75, 3.05) is 4.90 Å². The van der Waals surface area contributed by atoms with E-state index in [1.807, 2.05) is 0 Å². The zero-order valence-electron chi connectivity index (χ0n) is 16.0. The van der Waals surface area contributed by atoms with Crippen molar-refractivity contribution in [1.82, 2.24) is 0 Å². The summed E-state index contributed by atoms with van der Waals surface area (Å²) in [4.78, 5) is 38.2. The van der Waals surface area contributed by atoms with E-state index in [0.29, 0.717) is 5.56 Å². The Morgan fingerprint density at radius 1 is 0.903 bits per heavy atom. The van der Waals surface area contributed by atoms with Crippen molar-refractivity contribution < 1.29 is 24.7 Å². The van der Waals surface area contributed by atoms with E-state index in [2.05, 4.69) is 0 Å².